The van der Waals surface area contributed by atoms with E-state index < -0.39 is 17.2 Å². The molecular formula is C13H12N2O4. The summed E-state index contributed by atoms with van der Waals surface area (Å²) in [7, 11) is 0. The molecule has 0 saturated carbocycles. The van der Waals surface area contributed by atoms with Crippen molar-refractivity contribution in [2.75, 3.05) is 6.61 Å². The third-order valence-corrected chi connectivity index (χ3v) is 3.23. The molecule has 1 aromatic heterocycles. The number of aromatic nitrogens is 2. The molecule has 0 spiro atoms. The number of rotatable bonds is 2. The Morgan fingerprint density at radius 3 is 2.58 bits per heavy atom. The zero-order chi connectivity index (χ0) is 13.4. The highest BCUT2D eigenvalue weighted by atomic mass is 16.5. The Labute approximate surface area is 107 Å². The van der Waals surface area contributed by atoms with Crippen molar-refractivity contribution in [1.29, 1.82) is 0 Å². The average molecular weight is 260 g/mol. The maximum atomic E-state index is 12.2. The van der Waals surface area contributed by atoms with Crippen molar-refractivity contribution in [2.45, 2.75) is 18.9 Å². The lowest BCUT2D eigenvalue weighted by molar-refractivity contribution is 0.0643. The molecule has 1 saturated heterocycles. The number of fused-ring (bicyclic) bond motifs is 1. The van der Waals surface area contributed by atoms with Gasteiger partial charge in [-0.2, -0.15) is 0 Å². The summed E-state index contributed by atoms with van der Waals surface area (Å²) in [5, 5.41) is 0. The van der Waals surface area contributed by atoms with Crippen LogP contribution in [0.1, 0.15) is 23.2 Å². The summed E-state index contributed by atoms with van der Waals surface area (Å²) >= 11 is 0. The van der Waals surface area contributed by atoms with Gasteiger partial charge in [0, 0.05) is 12.2 Å². The van der Waals surface area contributed by atoms with Crippen LogP contribution in [0.25, 0.3) is 11.0 Å². The lowest BCUT2D eigenvalue weighted by Crippen LogP contribution is -2.29. The van der Waals surface area contributed by atoms with Gasteiger partial charge >= 0.3 is 11.1 Å². The number of carbonyl (C=O) groups excluding carboxylic acids is 1. The molecule has 3 rings (SSSR count). The first kappa shape index (κ1) is 11.9. The minimum atomic E-state index is -0.728. The summed E-state index contributed by atoms with van der Waals surface area (Å²) in [5.74, 6) is -0.0913. The van der Waals surface area contributed by atoms with E-state index in [1.165, 1.54) is 0 Å². The van der Waals surface area contributed by atoms with Gasteiger partial charge in [0.25, 0.3) is 0 Å². The van der Waals surface area contributed by atoms with E-state index in [0.29, 0.717) is 23.2 Å². The maximum Gasteiger partial charge on any atom is 0.314 e. The molecule has 1 aliphatic rings. The van der Waals surface area contributed by atoms with E-state index in [4.69, 9.17) is 4.74 Å². The fourth-order valence-electron chi connectivity index (χ4n) is 2.24. The molecule has 98 valence electrons. The van der Waals surface area contributed by atoms with Gasteiger partial charge in [-0.3, -0.25) is 14.4 Å². The van der Waals surface area contributed by atoms with Gasteiger partial charge in [-0.15, -0.1) is 0 Å². The second-order valence-electron chi connectivity index (χ2n) is 4.53. The predicted octanol–water partition coefficient (Wildman–Crippen LogP) is 0.578. The number of H-pyrrole nitrogens is 2. The zero-order valence-corrected chi connectivity index (χ0v) is 10.1. The van der Waals surface area contributed by atoms with Gasteiger partial charge in [-0.1, -0.05) is 0 Å². The Bertz CT molecular complexity index is 753. The van der Waals surface area contributed by atoms with Crippen LogP contribution in [0.3, 0.4) is 0 Å². The predicted molar refractivity (Wildman–Crippen MR) is 68.5 cm³/mol. The van der Waals surface area contributed by atoms with Crippen molar-refractivity contribution in [3.63, 3.8) is 0 Å². The number of benzene rings is 1. The monoisotopic (exact) mass is 260 g/mol. The maximum absolute atomic E-state index is 12.2. The van der Waals surface area contributed by atoms with Gasteiger partial charge in [-0.05, 0) is 31.0 Å². The first-order valence-corrected chi connectivity index (χ1v) is 6.07. The van der Waals surface area contributed by atoms with Crippen molar-refractivity contribution in [1.82, 2.24) is 9.97 Å². The number of hydrogen-bond acceptors (Lipinski definition) is 4. The SMILES string of the molecule is O=C(c1ccc2[nH]c(=O)c(=O)[nH]c2c1)C1CCCO1. The molecule has 0 amide bonds. The number of ketones is 1. The number of carbonyl (C=O) groups is 1. The fraction of sp³-hybridized carbons (Fsp3) is 0.308. The molecule has 1 aromatic carbocycles. The van der Waals surface area contributed by atoms with Crippen LogP contribution in [0.15, 0.2) is 27.8 Å². The molecule has 1 aliphatic heterocycles. The Morgan fingerprint density at radius 2 is 1.89 bits per heavy atom. The van der Waals surface area contributed by atoms with Crippen LogP contribution in [0.4, 0.5) is 0 Å². The largest absolute Gasteiger partial charge is 0.370 e. The van der Waals surface area contributed by atoms with E-state index in [2.05, 4.69) is 9.97 Å². The molecule has 0 radical (unpaired) electrons. The number of ether oxygens (including phenoxy) is 1. The van der Waals surface area contributed by atoms with Crippen LogP contribution >= 0.6 is 0 Å². The topological polar surface area (TPSA) is 92.0 Å². The van der Waals surface area contributed by atoms with E-state index in [0.717, 1.165) is 12.8 Å². The Hall–Kier alpha value is -2.21. The highest BCUT2D eigenvalue weighted by Gasteiger charge is 2.24. The van der Waals surface area contributed by atoms with Gasteiger partial charge < -0.3 is 14.7 Å². The number of Topliss-reactive ketones (excluding diaryl/α,β-unsaturated/α-hetero) is 1. The zero-order valence-electron chi connectivity index (χ0n) is 10.1. The van der Waals surface area contributed by atoms with E-state index in [1.807, 2.05) is 0 Å². The second kappa shape index (κ2) is 4.47. The molecular weight excluding hydrogens is 248 g/mol. The number of nitrogens with one attached hydrogen (secondary N) is 2. The Balaban J connectivity index is 2.06. The van der Waals surface area contributed by atoms with Gasteiger partial charge in [0.2, 0.25) is 0 Å². The first-order valence-electron chi connectivity index (χ1n) is 6.07. The van der Waals surface area contributed by atoms with E-state index in [9.17, 15) is 14.4 Å². The van der Waals surface area contributed by atoms with E-state index in [-0.39, 0.29) is 5.78 Å². The Kier molecular flexibility index (Phi) is 2.79. The van der Waals surface area contributed by atoms with E-state index >= 15 is 0 Å². The van der Waals surface area contributed by atoms with Crippen molar-refractivity contribution in [2.24, 2.45) is 0 Å². The van der Waals surface area contributed by atoms with Crippen molar-refractivity contribution < 1.29 is 9.53 Å². The van der Waals surface area contributed by atoms with Gasteiger partial charge in [0.05, 0.1) is 11.0 Å². The summed E-state index contributed by atoms with van der Waals surface area (Å²) < 4.78 is 5.34. The lowest BCUT2D eigenvalue weighted by Gasteiger charge is -2.08. The molecule has 6 nitrogen and oxygen atoms in total. The number of hydrogen-bond donors (Lipinski definition) is 2. The minimum Gasteiger partial charge on any atom is -0.370 e. The molecule has 2 N–H and O–H groups in total. The normalized spacial score (nSPS) is 18.8. The third kappa shape index (κ3) is 2.10. The number of aromatic amines is 2. The van der Waals surface area contributed by atoms with E-state index in [1.54, 1.807) is 18.2 Å². The summed E-state index contributed by atoms with van der Waals surface area (Å²) in [6.45, 7) is 0.605. The molecule has 19 heavy (non-hydrogen) atoms. The smallest absolute Gasteiger partial charge is 0.314 e. The first-order chi connectivity index (χ1) is 9.15. The molecule has 1 fully saturated rings. The highest BCUT2D eigenvalue weighted by molar-refractivity contribution is 6.01. The summed E-state index contributed by atoms with van der Waals surface area (Å²) in [4.78, 5) is 39.5. The third-order valence-electron chi connectivity index (χ3n) is 3.23. The van der Waals surface area contributed by atoms with Crippen molar-refractivity contribution >= 4 is 16.8 Å². The lowest BCUT2D eigenvalue weighted by atomic mass is 10.0. The molecule has 2 aromatic rings. The summed E-state index contributed by atoms with van der Waals surface area (Å²) in [5.41, 5.74) is -0.0241. The van der Waals surface area contributed by atoms with Gasteiger partial charge in [0.15, 0.2) is 5.78 Å². The van der Waals surface area contributed by atoms with Crippen LogP contribution in [-0.2, 0) is 4.74 Å². The summed E-state index contributed by atoms with van der Waals surface area (Å²) in [6, 6.07) is 4.80. The van der Waals surface area contributed by atoms with Gasteiger partial charge in [-0.25, -0.2) is 0 Å². The van der Waals surface area contributed by atoms with Gasteiger partial charge in [0.1, 0.15) is 6.10 Å². The average Bonchev–Trinajstić information content (AvgIpc) is 2.93. The van der Waals surface area contributed by atoms with Crippen LogP contribution in [0.5, 0.6) is 0 Å². The molecule has 2 heterocycles. The van der Waals surface area contributed by atoms with Crippen LogP contribution in [0, 0.1) is 0 Å². The molecule has 6 heteroatoms. The van der Waals surface area contributed by atoms with Crippen LogP contribution in [0.2, 0.25) is 0 Å². The van der Waals surface area contributed by atoms with Crippen LogP contribution < -0.4 is 11.1 Å². The molecule has 0 bridgehead atoms. The van der Waals surface area contributed by atoms with Crippen LogP contribution in [-0.4, -0.2) is 28.5 Å². The summed E-state index contributed by atoms with van der Waals surface area (Å²) in [6.07, 6.45) is 1.21. The molecule has 1 atom stereocenters. The Morgan fingerprint density at radius 1 is 1.16 bits per heavy atom. The second-order valence-corrected chi connectivity index (χ2v) is 4.53. The molecule has 0 aliphatic carbocycles. The minimum absolute atomic E-state index is 0.0913. The standard InChI is InChI=1S/C13H12N2O4/c16-11(10-2-1-5-19-10)7-3-4-8-9(6-7)15-13(18)12(17)14-8/h3-4,6,10H,1-2,5H2,(H,14,17)(H,15,18). The fourth-order valence-corrected chi connectivity index (χ4v) is 2.24. The highest BCUT2D eigenvalue weighted by Crippen LogP contribution is 2.18. The van der Waals surface area contributed by atoms with Crippen molar-refractivity contribution in [3.8, 4) is 0 Å². The quantitative estimate of drug-likeness (QED) is 0.610. The van der Waals surface area contributed by atoms with Crippen molar-refractivity contribution in [3.05, 3.63) is 44.5 Å². The molecule has 1 unspecified atom stereocenters.